The van der Waals surface area contributed by atoms with Gasteiger partial charge in [-0.05, 0) is 53.9 Å². The maximum Gasteiger partial charge on any atom is 0.266 e. The number of nitrogens with zero attached hydrogens (tertiary/aromatic N) is 1. The van der Waals surface area contributed by atoms with Crippen molar-refractivity contribution >= 4 is 33.8 Å². The van der Waals surface area contributed by atoms with Crippen molar-refractivity contribution in [2.45, 2.75) is 30.9 Å². The molecular formula is C36H35BrFN3O4. The van der Waals surface area contributed by atoms with Crippen LogP contribution in [0.1, 0.15) is 41.2 Å². The summed E-state index contributed by atoms with van der Waals surface area (Å²) in [5.74, 6) is 0.313. The summed E-state index contributed by atoms with van der Waals surface area (Å²) in [6.45, 7) is 0.774. The molecule has 7 nitrogen and oxygen atoms in total. The summed E-state index contributed by atoms with van der Waals surface area (Å²) >= 11 is 3.66. The SMILES string of the molecule is O=C(NNCCc1ccccc1F)[C@@]1(C/C=C/c2ccccc2)N=C(c2ccc(OCCCO)cc2)O[C@H]1c1ccccc1Br. The van der Waals surface area contributed by atoms with E-state index in [4.69, 9.17) is 19.6 Å². The number of benzene rings is 4. The molecule has 1 amide bonds. The molecule has 5 rings (SSSR count). The third-order valence-corrected chi connectivity index (χ3v) is 8.16. The fourth-order valence-electron chi connectivity index (χ4n) is 5.07. The van der Waals surface area contributed by atoms with E-state index in [1.54, 1.807) is 18.2 Å². The highest BCUT2D eigenvalue weighted by Crippen LogP contribution is 2.45. The molecule has 0 saturated heterocycles. The zero-order chi connectivity index (χ0) is 31.5. The summed E-state index contributed by atoms with van der Waals surface area (Å²) in [6.07, 6.45) is 4.29. The number of aliphatic hydroxyl groups is 1. The summed E-state index contributed by atoms with van der Waals surface area (Å²) in [5.41, 5.74) is 7.46. The van der Waals surface area contributed by atoms with Crippen molar-refractivity contribution in [3.05, 3.63) is 142 Å². The molecule has 4 aromatic carbocycles. The summed E-state index contributed by atoms with van der Waals surface area (Å²) < 4.78 is 27.2. The number of hydrogen-bond donors (Lipinski definition) is 3. The Hall–Kier alpha value is -4.31. The van der Waals surface area contributed by atoms with E-state index in [0.29, 0.717) is 48.8 Å². The van der Waals surface area contributed by atoms with E-state index in [1.165, 1.54) is 6.07 Å². The average molecular weight is 673 g/mol. The minimum Gasteiger partial charge on any atom is -0.494 e. The lowest BCUT2D eigenvalue weighted by molar-refractivity contribution is -0.129. The predicted molar refractivity (Wildman–Crippen MR) is 177 cm³/mol. The monoisotopic (exact) mass is 671 g/mol. The summed E-state index contributed by atoms with van der Waals surface area (Å²) in [6, 6.07) is 31.3. The van der Waals surface area contributed by atoms with Crippen LogP contribution in [-0.2, 0) is 16.0 Å². The van der Waals surface area contributed by atoms with Crippen LogP contribution in [-0.4, -0.2) is 42.2 Å². The Balaban J connectivity index is 1.46. The van der Waals surface area contributed by atoms with Gasteiger partial charge in [-0.3, -0.25) is 10.2 Å². The normalized spacial score (nSPS) is 17.6. The van der Waals surface area contributed by atoms with Crippen LogP contribution < -0.4 is 15.6 Å². The summed E-state index contributed by atoms with van der Waals surface area (Å²) in [7, 11) is 0. The van der Waals surface area contributed by atoms with E-state index in [2.05, 4.69) is 26.8 Å². The van der Waals surface area contributed by atoms with Gasteiger partial charge in [0.1, 0.15) is 11.6 Å². The Morgan fingerprint density at radius 3 is 2.49 bits per heavy atom. The number of rotatable bonds is 14. The number of halogens is 2. The van der Waals surface area contributed by atoms with Crippen molar-refractivity contribution in [2.24, 2.45) is 4.99 Å². The molecule has 2 atom stereocenters. The molecule has 0 aliphatic carbocycles. The van der Waals surface area contributed by atoms with Gasteiger partial charge < -0.3 is 14.6 Å². The van der Waals surface area contributed by atoms with Crippen LogP contribution in [0.25, 0.3) is 6.08 Å². The molecule has 3 N–H and O–H groups in total. The second-order valence-electron chi connectivity index (χ2n) is 10.6. The van der Waals surface area contributed by atoms with E-state index in [1.807, 2.05) is 91.0 Å². The quantitative estimate of drug-likeness (QED) is 0.104. The van der Waals surface area contributed by atoms with Crippen LogP contribution in [0.4, 0.5) is 4.39 Å². The van der Waals surface area contributed by atoms with E-state index >= 15 is 0 Å². The van der Waals surface area contributed by atoms with Gasteiger partial charge in [-0.1, -0.05) is 94.8 Å². The van der Waals surface area contributed by atoms with Crippen LogP contribution in [0.15, 0.2) is 119 Å². The standard InChI is InChI=1S/C36H35BrFN3O4/c37-31-15-6-5-14-30(31)33-36(22-8-12-26-10-2-1-3-11-26,35(43)41-39-23-21-27-13-4-7-16-32(27)38)40-34(45-33)28-17-19-29(20-18-28)44-25-9-24-42/h1-8,10-20,33,39,42H,9,21-25H2,(H,41,43)/b12-8+/t33-,36-/m0/s1. The molecule has 0 aromatic heterocycles. The van der Waals surface area contributed by atoms with Crippen molar-refractivity contribution in [2.75, 3.05) is 19.8 Å². The van der Waals surface area contributed by atoms with Gasteiger partial charge in [0, 0.05) is 41.6 Å². The number of carbonyl (C=O) groups excluding carboxylic acids is 1. The van der Waals surface area contributed by atoms with Crippen molar-refractivity contribution in [1.82, 2.24) is 10.9 Å². The Morgan fingerprint density at radius 1 is 1.00 bits per heavy atom. The molecule has 232 valence electrons. The van der Waals surface area contributed by atoms with Crippen molar-refractivity contribution in [3.8, 4) is 5.75 Å². The Labute approximate surface area is 270 Å². The predicted octanol–water partition coefficient (Wildman–Crippen LogP) is 6.57. The summed E-state index contributed by atoms with van der Waals surface area (Å²) in [5, 5.41) is 9.05. The molecule has 45 heavy (non-hydrogen) atoms. The third-order valence-electron chi connectivity index (χ3n) is 7.44. The first-order valence-corrected chi connectivity index (χ1v) is 15.6. The topological polar surface area (TPSA) is 92.2 Å². The molecule has 0 radical (unpaired) electrons. The second-order valence-corrected chi connectivity index (χ2v) is 11.4. The van der Waals surface area contributed by atoms with Crippen LogP contribution in [0.3, 0.4) is 0 Å². The molecule has 1 aliphatic rings. The van der Waals surface area contributed by atoms with Crippen molar-refractivity contribution in [1.29, 1.82) is 0 Å². The molecule has 0 unspecified atom stereocenters. The number of ether oxygens (including phenoxy) is 2. The van der Waals surface area contributed by atoms with Crippen LogP contribution in [0, 0.1) is 5.82 Å². The molecular weight excluding hydrogens is 637 g/mol. The van der Waals surface area contributed by atoms with Crippen LogP contribution >= 0.6 is 15.9 Å². The number of hydrazine groups is 1. The fraction of sp³-hybridized carbons (Fsp3) is 0.222. The smallest absolute Gasteiger partial charge is 0.266 e. The van der Waals surface area contributed by atoms with Gasteiger partial charge in [0.15, 0.2) is 11.6 Å². The maximum absolute atomic E-state index is 14.2. The number of nitrogens with one attached hydrogen (secondary N) is 2. The Kier molecular flexibility index (Phi) is 11.1. The van der Waals surface area contributed by atoms with E-state index in [-0.39, 0.29) is 24.8 Å². The van der Waals surface area contributed by atoms with Gasteiger partial charge in [-0.2, -0.15) is 0 Å². The van der Waals surface area contributed by atoms with Gasteiger partial charge in [0.2, 0.25) is 5.90 Å². The minimum absolute atomic E-state index is 0.0556. The van der Waals surface area contributed by atoms with Gasteiger partial charge in [0.05, 0.1) is 6.61 Å². The molecule has 9 heteroatoms. The number of aliphatic hydroxyl groups excluding tert-OH is 1. The molecule has 4 aromatic rings. The first kappa shape index (κ1) is 32.1. The van der Waals surface area contributed by atoms with Crippen molar-refractivity contribution in [3.63, 3.8) is 0 Å². The first-order valence-electron chi connectivity index (χ1n) is 14.8. The van der Waals surface area contributed by atoms with Gasteiger partial charge in [-0.15, -0.1) is 0 Å². The minimum atomic E-state index is -1.38. The van der Waals surface area contributed by atoms with Crippen LogP contribution in [0.5, 0.6) is 5.75 Å². The second kappa shape index (κ2) is 15.6. The molecule has 1 aliphatic heterocycles. The number of aliphatic imine (C=N–C) groups is 1. The number of amides is 1. The number of carbonyl (C=O) groups is 1. The fourth-order valence-corrected chi connectivity index (χ4v) is 5.56. The highest BCUT2D eigenvalue weighted by atomic mass is 79.9. The number of hydrogen-bond acceptors (Lipinski definition) is 6. The first-order chi connectivity index (χ1) is 22.0. The van der Waals surface area contributed by atoms with Gasteiger partial charge in [-0.25, -0.2) is 14.8 Å². The molecule has 0 bridgehead atoms. The Morgan fingerprint density at radius 2 is 1.73 bits per heavy atom. The largest absolute Gasteiger partial charge is 0.494 e. The third kappa shape index (κ3) is 8.05. The lowest BCUT2D eigenvalue weighted by atomic mass is 9.84. The van der Waals surface area contributed by atoms with Gasteiger partial charge in [0.25, 0.3) is 5.91 Å². The van der Waals surface area contributed by atoms with Crippen LogP contribution in [0.2, 0.25) is 0 Å². The van der Waals surface area contributed by atoms with E-state index in [9.17, 15) is 9.18 Å². The van der Waals surface area contributed by atoms with E-state index in [0.717, 1.165) is 15.6 Å². The lowest BCUT2D eigenvalue weighted by Crippen LogP contribution is -2.52. The molecule has 0 fully saturated rings. The molecule has 1 heterocycles. The zero-order valence-corrected chi connectivity index (χ0v) is 26.3. The van der Waals surface area contributed by atoms with E-state index < -0.39 is 11.6 Å². The summed E-state index contributed by atoms with van der Waals surface area (Å²) in [4.78, 5) is 19.2. The zero-order valence-electron chi connectivity index (χ0n) is 24.7. The Bertz CT molecular complexity index is 1630. The molecule has 0 saturated carbocycles. The molecule has 0 spiro atoms. The maximum atomic E-state index is 14.2. The lowest BCUT2D eigenvalue weighted by Gasteiger charge is -2.30. The van der Waals surface area contributed by atoms with Gasteiger partial charge >= 0.3 is 0 Å². The highest BCUT2D eigenvalue weighted by Gasteiger charge is 2.53. The average Bonchev–Trinajstić information content (AvgIpc) is 3.45. The highest BCUT2D eigenvalue weighted by molar-refractivity contribution is 9.10. The van der Waals surface area contributed by atoms with Crippen molar-refractivity contribution < 1.29 is 23.8 Å².